The molecule has 1 aliphatic rings. The first-order valence-electron chi connectivity index (χ1n) is 14.1. The van der Waals surface area contributed by atoms with Gasteiger partial charge in [-0.05, 0) is 69.5 Å². The van der Waals surface area contributed by atoms with Crippen molar-refractivity contribution in [2.75, 3.05) is 20.3 Å². The number of methoxy groups -OCH3 is 1. The van der Waals surface area contributed by atoms with Crippen LogP contribution in [0.1, 0.15) is 57.5 Å². The lowest BCUT2D eigenvalue weighted by Crippen LogP contribution is -2.24. The molecule has 1 aliphatic carbocycles. The van der Waals surface area contributed by atoms with E-state index in [0.717, 1.165) is 29.5 Å². The number of carboxylic acid groups (broad SMARTS) is 1. The molecule has 0 fully saturated rings. The first-order valence-corrected chi connectivity index (χ1v) is 14.1. The highest BCUT2D eigenvalue weighted by atomic mass is 16.5. The van der Waals surface area contributed by atoms with Crippen LogP contribution in [-0.2, 0) is 33.5 Å². The Hall–Kier alpha value is -4.19. The van der Waals surface area contributed by atoms with Gasteiger partial charge in [-0.3, -0.25) is 0 Å². The smallest absolute Gasteiger partial charge is 0.333 e. The summed E-state index contributed by atoms with van der Waals surface area (Å²) in [6.07, 6.45) is 5.51. The highest BCUT2D eigenvalue weighted by Gasteiger charge is 2.23. The van der Waals surface area contributed by atoms with E-state index in [1.165, 1.54) is 34.9 Å². The Bertz CT molecular complexity index is 1490. The van der Waals surface area contributed by atoms with Gasteiger partial charge in [0.15, 0.2) is 6.10 Å². The van der Waals surface area contributed by atoms with Crippen molar-refractivity contribution in [2.24, 2.45) is 0 Å². The number of carboxylic acids is 1. The van der Waals surface area contributed by atoms with Crippen molar-refractivity contribution in [3.05, 3.63) is 136 Å². The van der Waals surface area contributed by atoms with Gasteiger partial charge in [0, 0.05) is 13.5 Å². The molecule has 2 unspecified atom stereocenters. The van der Waals surface area contributed by atoms with Crippen LogP contribution in [-0.4, -0.2) is 37.5 Å². The molecule has 0 bridgehead atoms. The van der Waals surface area contributed by atoms with Crippen LogP contribution in [0, 0.1) is 0 Å². The maximum atomic E-state index is 11.2. The van der Waals surface area contributed by atoms with Gasteiger partial charge < -0.3 is 19.3 Å². The minimum absolute atomic E-state index is 0.209. The molecule has 0 radical (unpaired) electrons. The summed E-state index contributed by atoms with van der Waals surface area (Å²) in [5.74, 6) is -0.261. The average Bonchev–Trinajstić information content (AvgIpc) is 3.15. The monoisotopic (exact) mass is 548 g/mol. The number of fused-ring (bicyclic) bond motifs is 2. The van der Waals surface area contributed by atoms with Gasteiger partial charge in [0.25, 0.3) is 0 Å². The molecule has 0 heterocycles. The zero-order valence-corrected chi connectivity index (χ0v) is 23.6. The molecular formula is C36H36O5. The molecule has 5 rings (SSSR count). The van der Waals surface area contributed by atoms with Crippen LogP contribution in [0.4, 0.5) is 0 Å². The topological polar surface area (TPSA) is 65.0 Å². The summed E-state index contributed by atoms with van der Waals surface area (Å²) < 4.78 is 17.5. The van der Waals surface area contributed by atoms with Crippen LogP contribution in [0.15, 0.2) is 91.0 Å². The van der Waals surface area contributed by atoms with E-state index in [1.54, 1.807) is 0 Å². The lowest BCUT2D eigenvalue weighted by Gasteiger charge is -2.22. The lowest BCUT2D eigenvalue weighted by molar-refractivity contribution is -0.148. The lowest BCUT2D eigenvalue weighted by atomic mass is 9.93. The van der Waals surface area contributed by atoms with Crippen LogP contribution in [0.2, 0.25) is 0 Å². The molecule has 0 aliphatic heterocycles. The number of ether oxygens (including phenoxy) is 3. The van der Waals surface area contributed by atoms with Crippen molar-refractivity contribution in [1.29, 1.82) is 0 Å². The van der Waals surface area contributed by atoms with Crippen molar-refractivity contribution < 1.29 is 24.1 Å². The Labute approximate surface area is 242 Å². The second-order valence-corrected chi connectivity index (χ2v) is 10.3. The zero-order chi connectivity index (χ0) is 28.6. The van der Waals surface area contributed by atoms with E-state index in [0.29, 0.717) is 25.4 Å². The third-order valence-electron chi connectivity index (χ3n) is 7.51. The number of carbonyl (C=O) groups is 1. The van der Waals surface area contributed by atoms with Gasteiger partial charge >= 0.3 is 5.97 Å². The second-order valence-electron chi connectivity index (χ2n) is 10.3. The van der Waals surface area contributed by atoms with Crippen LogP contribution in [0.25, 0.3) is 12.2 Å². The van der Waals surface area contributed by atoms with Gasteiger partial charge in [0.2, 0.25) is 0 Å². The van der Waals surface area contributed by atoms with Gasteiger partial charge in [-0.1, -0.05) is 97.9 Å². The fourth-order valence-electron chi connectivity index (χ4n) is 5.24. The Morgan fingerprint density at radius 3 is 2.05 bits per heavy atom. The predicted molar refractivity (Wildman–Crippen MR) is 162 cm³/mol. The van der Waals surface area contributed by atoms with Crippen LogP contribution in [0.3, 0.4) is 0 Å². The molecule has 5 nitrogen and oxygen atoms in total. The Morgan fingerprint density at radius 1 is 0.780 bits per heavy atom. The summed E-state index contributed by atoms with van der Waals surface area (Å²) in [5.41, 5.74) is 9.40. The summed E-state index contributed by atoms with van der Waals surface area (Å²) in [7, 11) is 1.41. The van der Waals surface area contributed by atoms with E-state index >= 15 is 0 Å². The van der Waals surface area contributed by atoms with Crippen LogP contribution < -0.4 is 4.74 Å². The standard InChI is InChI=1S/C36H36O5/c1-3-25-11-17-32-29(22-25)13-14-30-23-28(21-26-7-5-4-6-8-26)12-18-33(30)35(32)41-20-19-40-31-15-9-27(10-16-31)24-34(39-2)36(37)38/h4-18,22-23,34-35H,3,19-21,24H2,1-2H3,(H,37,38). The molecule has 4 aromatic carbocycles. The normalized spacial score (nSPS) is 14.5. The van der Waals surface area contributed by atoms with E-state index in [4.69, 9.17) is 14.2 Å². The van der Waals surface area contributed by atoms with Crippen molar-refractivity contribution in [3.8, 4) is 5.75 Å². The predicted octanol–water partition coefficient (Wildman–Crippen LogP) is 7.15. The van der Waals surface area contributed by atoms with E-state index in [9.17, 15) is 9.90 Å². The summed E-state index contributed by atoms with van der Waals surface area (Å²) in [4.78, 5) is 11.2. The summed E-state index contributed by atoms with van der Waals surface area (Å²) >= 11 is 0. The SMILES string of the molecule is CCc1ccc2c(c1)C=Cc1cc(Cc3ccccc3)ccc1C2OCCOc1ccc(CC(OC)C(=O)O)cc1. The molecule has 1 N–H and O–H groups in total. The van der Waals surface area contributed by atoms with Crippen molar-refractivity contribution in [3.63, 3.8) is 0 Å². The summed E-state index contributed by atoms with van der Waals surface area (Å²) in [6, 6.07) is 31.3. The molecule has 0 amide bonds. The zero-order valence-electron chi connectivity index (χ0n) is 23.6. The first-order chi connectivity index (χ1) is 20.0. The summed E-state index contributed by atoms with van der Waals surface area (Å²) in [6.45, 7) is 2.98. The molecule has 4 aromatic rings. The fourth-order valence-corrected chi connectivity index (χ4v) is 5.24. The van der Waals surface area contributed by atoms with E-state index < -0.39 is 12.1 Å². The van der Waals surface area contributed by atoms with Crippen molar-refractivity contribution >= 4 is 18.1 Å². The van der Waals surface area contributed by atoms with Gasteiger partial charge in [0.05, 0.1) is 6.61 Å². The number of hydrogen-bond acceptors (Lipinski definition) is 4. The third-order valence-corrected chi connectivity index (χ3v) is 7.51. The van der Waals surface area contributed by atoms with Crippen molar-refractivity contribution in [2.45, 2.75) is 38.4 Å². The van der Waals surface area contributed by atoms with E-state index in [2.05, 4.69) is 79.7 Å². The van der Waals surface area contributed by atoms with Gasteiger partial charge in [-0.25, -0.2) is 4.79 Å². The minimum Gasteiger partial charge on any atom is -0.491 e. The molecule has 210 valence electrons. The quantitative estimate of drug-likeness (QED) is 0.191. The Morgan fingerprint density at radius 2 is 1.41 bits per heavy atom. The summed E-state index contributed by atoms with van der Waals surface area (Å²) in [5, 5.41) is 9.21. The Kier molecular flexibility index (Phi) is 9.29. The van der Waals surface area contributed by atoms with E-state index in [-0.39, 0.29) is 6.10 Å². The molecule has 0 saturated carbocycles. The van der Waals surface area contributed by atoms with Gasteiger partial charge in [-0.2, -0.15) is 0 Å². The number of hydrogen-bond donors (Lipinski definition) is 1. The Balaban J connectivity index is 1.29. The van der Waals surface area contributed by atoms with Crippen molar-refractivity contribution in [1.82, 2.24) is 0 Å². The molecule has 0 aromatic heterocycles. The van der Waals surface area contributed by atoms with Crippen LogP contribution >= 0.6 is 0 Å². The molecule has 41 heavy (non-hydrogen) atoms. The molecule has 0 saturated heterocycles. The number of rotatable bonds is 12. The highest BCUT2D eigenvalue weighted by Crippen LogP contribution is 2.36. The largest absolute Gasteiger partial charge is 0.491 e. The van der Waals surface area contributed by atoms with E-state index in [1.807, 2.05) is 30.3 Å². The van der Waals surface area contributed by atoms with Gasteiger partial charge in [-0.15, -0.1) is 0 Å². The maximum absolute atomic E-state index is 11.2. The fraction of sp³-hybridized carbons (Fsp3) is 0.250. The maximum Gasteiger partial charge on any atom is 0.333 e. The molecule has 0 spiro atoms. The second kappa shape index (κ2) is 13.4. The average molecular weight is 549 g/mol. The minimum atomic E-state index is -0.972. The third kappa shape index (κ3) is 7.12. The highest BCUT2D eigenvalue weighted by molar-refractivity contribution is 5.77. The molecule has 2 atom stereocenters. The number of aliphatic carboxylic acids is 1. The van der Waals surface area contributed by atoms with Gasteiger partial charge in [0.1, 0.15) is 18.5 Å². The first kappa shape index (κ1) is 28.3. The van der Waals surface area contributed by atoms with Crippen LogP contribution in [0.5, 0.6) is 5.75 Å². The molecule has 5 heteroatoms. The number of aryl methyl sites for hydroxylation is 1. The molecular weight excluding hydrogens is 512 g/mol. The number of benzene rings is 4.